The molecule has 0 aliphatic carbocycles. The normalized spacial score (nSPS) is 17.7. The highest BCUT2D eigenvalue weighted by molar-refractivity contribution is 8.01. The van der Waals surface area contributed by atoms with Crippen molar-refractivity contribution in [3.05, 3.63) is 28.8 Å². The van der Waals surface area contributed by atoms with Crippen LogP contribution in [0, 0.1) is 13.8 Å². The van der Waals surface area contributed by atoms with Crippen molar-refractivity contribution in [1.82, 2.24) is 15.5 Å². The van der Waals surface area contributed by atoms with E-state index < -0.39 is 0 Å². The molecule has 1 unspecified atom stereocenters. The molecule has 1 aromatic carbocycles. The molecule has 1 saturated heterocycles. The second-order valence-electron chi connectivity index (χ2n) is 5.64. The molecule has 0 spiro atoms. The largest absolute Gasteiger partial charge is 0.326 e. The van der Waals surface area contributed by atoms with E-state index in [1.165, 1.54) is 0 Å². The number of benzene rings is 1. The highest BCUT2D eigenvalue weighted by atomic mass is 32.2. The van der Waals surface area contributed by atoms with Crippen molar-refractivity contribution in [2.24, 2.45) is 0 Å². The highest BCUT2D eigenvalue weighted by Gasteiger charge is 2.17. The van der Waals surface area contributed by atoms with Crippen LogP contribution in [0.5, 0.6) is 0 Å². The van der Waals surface area contributed by atoms with Crippen LogP contribution in [0.3, 0.4) is 0 Å². The smallest absolute Gasteiger partial charge is 0.225 e. The number of carbonyl (C=O) groups excluding carboxylic acids is 1. The zero-order valence-electron chi connectivity index (χ0n) is 13.7. The van der Waals surface area contributed by atoms with Gasteiger partial charge in [-0.1, -0.05) is 23.1 Å². The van der Waals surface area contributed by atoms with E-state index in [9.17, 15) is 4.79 Å². The first-order valence-electron chi connectivity index (χ1n) is 7.80. The van der Waals surface area contributed by atoms with Gasteiger partial charge in [0.05, 0.1) is 0 Å². The molecule has 1 amide bonds. The first-order valence-corrected chi connectivity index (χ1v) is 10.6. The Balaban J connectivity index is 1.58. The van der Waals surface area contributed by atoms with Crippen LogP contribution in [-0.4, -0.2) is 40.2 Å². The van der Waals surface area contributed by atoms with Crippen molar-refractivity contribution < 1.29 is 4.79 Å². The van der Waals surface area contributed by atoms with Gasteiger partial charge in [0.1, 0.15) is 5.01 Å². The van der Waals surface area contributed by atoms with Gasteiger partial charge in [0.2, 0.25) is 5.91 Å². The Morgan fingerprint density at radius 1 is 1.42 bits per heavy atom. The molecule has 1 aromatic heterocycles. The second-order valence-corrected chi connectivity index (χ2v) is 9.30. The van der Waals surface area contributed by atoms with Gasteiger partial charge in [0, 0.05) is 41.1 Å². The fourth-order valence-corrected chi connectivity index (χ4v) is 5.27. The van der Waals surface area contributed by atoms with Gasteiger partial charge in [-0.15, -0.1) is 10.2 Å². The number of aryl methyl sites for hydroxylation is 2. The van der Waals surface area contributed by atoms with Gasteiger partial charge >= 0.3 is 0 Å². The van der Waals surface area contributed by atoms with Crippen LogP contribution in [0.15, 0.2) is 27.4 Å². The van der Waals surface area contributed by atoms with Gasteiger partial charge in [0.25, 0.3) is 0 Å². The molecule has 5 nitrogen and oxygen atoms in total. The average molecular weight is 381 g/mol. The summed E-state index contributed by atoms with van der Waals surface area (Å²) in [5.41, 5.74) is 1.93. The summed E-state index contributed by atoms with van der Waals surface area (Å²) in [6.07, 6.45) is 0.521. The molecule has 0 saturated carbocycles. The maximum atomic E-state index is 12.2. The maximum Gasteiger partial charge on any atom is 0.225 e. The lowest BCUT2D eigenvalue weighted by molar-refractivity contribution is -0.116. The highest BCUT2D eigenvalue weighted by Crippen LogP contribution is 2.32. The Labute approximate surface area is 154 Å². The van der Waals surface area contributed by atoms with Crippen LogP contribution in [0.25, 0.3) is 0 Å². The van der Waals surface area contributed by atoms with Crippen LogP contribution in [0.2, 0.25) is 0 Å². The summed E-state index contributed by atoms with van der Waals surface area (Å²) in [5, 5.41) is 15.5. The topological polar surface area (TPSA) is 66.9 Å². The summed E-state index contributed by atoms with van der Waals surface area (Å²) >= 11 is 5.09. The third-order valence-electron chi connectivity index (χ3n) is 3.61. The van der Waals surface area contributed by atoms with Gasteiger partial charge in [0.15, 0.2) is 4.34 Å². The maximum absolute atomic E-state index is 12.2. The number of hydrogen-bond acceptors (Lipinski definition) is 7. The molecule has 3 rings (SSSR count). The minimum atomic E-state index is 0.0678. The van der Waals surface area contributed by atoms with Crippen LogP contribution in [0.4, 0.5) is 5.69 Å². The lowest BCUT2D eigenvalue weighted by atomic mass is 10.1. The average Bonchev–Trinajstić information content (AvgIpc) is 2.96. The van der Waals surface area contributed by atoms with Crippen LogP contribution >= 0.6 is 34.9 Å². The van der Waals surface area contributed by atoms with Gasteiger partial charge in [-0.2, -0.15) is 11.8 Å². The molecule has 2 aromatic rings. The SMILES string of the molecule is Cc1nnc(Sc2ccc(NC(=O)CC3CSCCN3)c(C)c2)s1. The zero-order chi connectivity index (χ0) is 16.9. The molecular weight excluding hydrogens is 360 g/mol. The molecule has 0 bridgehead atoms. The monoisotopic (exact) mass is 380 g/mol. The number of thioether (sulfide) groups is 1. The van der Waals surface area contributed by atoms with Crippen molar-refractivity contribution in [2.75, 3.05) is 23.4 Å². The van der Waals surface area contributed by atoms with Gasteiger partial charge in [-0.05, 0) is 37.6 Å². The van der Waals surface area contributed by atoms with E-state index in [0.29, 0.717) is 6.42 Å². The van der Waals surface area contributed by atoms with E-state index in [-0.39, 0.29) is 11.9 Å². The number of carbonyl (C=O) groups is 1. The Morgan fingerprint density at radius 2 is 2.29 bits per heavy atom. The minimum Gasteiger partial charge on any atom is -0.326 e. The van der Waals surface area contributed by atoms with E-state index in [4.69, 9.17) is 0 Å². The van der Waals surface area contributed by atoms with E-state index in [1.54, 1.807) is 23.1 Å². The van der Waals surface area contributed by atoms with E-state index in [2.05, 4.69) is 26.9 Å². The number of amides is 1. The fraction of sp³-hybridized carbons (Fsp3) is 0.438. The summed E-state index contributed by atoms with van der Waals surface area (Å²) in [4.78, 5) is 13.3. The third-order valence-corrected chi connectivity index (χ3v) is 6.62. The summed E-state index contributed by atoms with van der Waals surface area (Å²) in [6.45, 7) is 4.95. The predicted molar refractivity (Wildman–Crippen MR) is 102 cm³/mol. The van der Waals surface area contributed by atoms with E-state index >= 15 is 0 Å². The van der Waals surface area contributed by atoms with Crippen LogP contribution in [0.1, 0.15) is 17.0 Å². The molecular formula is C16H20N4OS3. The first-order chi connectivity index (χ1) is 11.6. The Morgan fingerprint density at radius 3 is 2.96 bits per heavy atom. The van der Waals surface area contributed by atoms with Gasteiger partial charge < -0.3 is 10.6 Å². The summed E-state index contributed by atoms with van der Waals surface area (Å²) < 4.78 is 0.935. The molecule has 2 heterocycles. The van der Waals surface area contributed by atoms with Crippen molar-refractivity contribution in [1.29, 1.82) is 0 Å². The summed E-state index contributed by atoms with van der Waals surface area (Å²) in [5.74, 6) is 2.20. The second kappa shape index (κ2) is 8.33. The minimum absolute atomic E-state index is 0.0678. The Kier molecular flexibility index (Phi) is 6.15. The fourth-order valence-electron chi connectivity index (χ4n) is 2.44. The molecule has 1 aliphatic heterocycles. The summed E-state index contributed by atoms with van der Waals surface area (Å²) in [7, 11) is 0. The summed E-state index contributed by atoms with van der Waals surface area (Å²) in [6, 6.07) is 6.33. The predicted octanol–water partition coefficient (Wildman–Crippen LogP) is 3.34. The number of nitrogens with one attached hydrogen (secondary N) is 2. The molecule has 128 valence electrons. The van der Waals surface area contributed by atoms with Crippen molar-refractivity contribution in [2.45, 2.75) is 35.5 Å². The standard InChI is InChI=1S/C16H20N4OS3/c1-10-7-13(24-16-20-19-11(2)23-16)3-4-14(10)18-15(21)8-12-9-22-6-5-17-12/h3-4,7,12,17H,5-6,8-9H2,1-2H3,(H,18,21). The number of hydrogen-bond donors (Lipinski definition) is 2. The van der Waals surface area contributed by atoms with Gasteiger partial charge in [-0.25, -0.2) is 0 Å². The number of rotatable bonds is 5. The van der Waals surface area contributed by atoms with Crippen molar-refractivity contribution in [3.63, 3.8) is 0 Å². The van der Waals surface area contributed by atoms with E-state index in [1.807, 2.05) is 37.7 Å². The molecule has 1 fully saturated rings. The quantitative estimate of drug-likeness (QED) is 0.829. The number of nitrogens with zero attached hydrogens (tertiary/aromatic N) is 2. The molecule has 0 radical (unpaired) electrons. The Bertz CT molecular complexity index is 713. The molecule has 24 heavy (non-hydrogen) atoms. The zero-order valence-corrected chi connectivity index (χ0v) is 16.1. The Hall–Kier alpha value is -1.09. The lowest BCUT2D eigenvalue weighted by Gasteiger charge is -2.22. The van der Waals surface area contributed by atoms with Crippen LogP contribution < -0.4 is 10.6 Å². The number of anilines is 1. The molecule has 1 aliphatic rings. The third kappa shape index (κ3) is 4.95. The lowest BCUT2D eigenvalue weighted by Crippen LogP contribution is -2.39. The molecule has 8 heteroatoms. The van der Waals surface area contributed by atoms with E-state index in [0.717, 1.165) is 43.5 Å². The molecule has 2 N–H and O–H groups in total. The van der Waals surface area contributed by atoms with Crippen molar-refractivity contribution >= 4 is 46.5 Å². The number of aromatic nitrogens is 2. The van der Waals surface area contributed by atoms with Crippen molar-refractivity contribution in [3.8, 4) is 0 Å². The van der Waals surface area contributed by atoms with Gasteiger partial charge in [-0.3, -0.25) is 4.79 Å². The molecule has 1 atom stereocenters. The van der Waals surface area contributed by atoms with Crippen LogP contribution in [-0.2, 0) is 4.79 Å². The first kappa shape index (κ1) is 17.7.